The van der Waals surface area contributed by atoms with Crippen LogP contribution in [0.15, 0.2) is 16.9 Å². The predicted molar refractivity (Wildman–Crippen MR) is 52.8 cm³/mol. The number of hydrogen-bond acceptors (Lipinski definition) is 7. The van der Waals surface area contributed by atoms with Gasteiger partial charge in [-0.05, 0) is 6.92 Å². The molecule has 0 spiro atoms. The number of nitrogens with two attached hydrogens (primary N) is 1. The summed E-state index contributed by atoms with van der Waals surface area (Å²) in [6.45, 7) is 2.16. The lowest BCUT2D eigenvalue weighted by molar-refractivity contribution is 0.379. The van der Waals surface area contributed by atoms with Crippen LogP contribution in [0.25, 0.3) is 0 Å². The van der Waals surface area contributed by atoms with E-state index < -0.39 is 0 Å². The summed E-state index contributed by atoms with van der Waals surface area (Å²) in [6, 6.07) is 0. The van der Waals surface area contributed by atoms with Gasteiger partial charge in [0.05, 0.1) is 18.9 Å². The molecule has 0 aliphatic heterocycles. The molecule has 0 aliphatic rings. The normalized spacial score (nSPS) is 10.2. The summed E-state index contributed by atoms with van der Waals surface area (Å²) in [5.74, 6) is 2.04. The van der Waals surface area contributed by atoms with Crippen LogP contribution in [0.5, 0.6) is 0 Å². The van der Waals surface area contributed by atoms with Crippen molar-refractivity contribution in [2.75, 3.05) is 11.1 Å². The minimum absolute atomic E-state index is 0.363. The van der Waals surface area contributed by atoms with Gasteiger partial charge in [0.25, 0.3) is 0 Å². The molecule has 0 amide bonds. The molecule has 2 heterocycles. The smallest absolute Gasteiger partial charge is 0.245 e. The predicted octanol–water partition coefficient (Wildman–Crippen LogP) is 0.362. The molecular weight excluding hydrogens is 196 g/mol. The first-order valence-corrected chi connectivity index (χ1v) is 4.34. The Labute approximate surface area is 85.7 Å². The van der Waals surface area contributed by atoms with E-state index in [1.54, 1.807) is 13.1 Å². The van der Waals surface area contributed by atoms with Gasteiger partial charge in [-0.3, -0.25) is 4.98 Å². The Kier molecular flexibility index (Phi) is 2.44. The van der Waals surface area contributed by atoms with E-state index in [2.05, 4.69) is 25.4 Å². The van der Waals surface area contributed by atoms with Crippen LogP contribution in [0, 0.1) is 6.92 Å². The third-order valence-electron chi connectivity index (χ3n) is 1.64. The van der Waals surface area contributed by atoms with E-state index in [-0.39, 0.29) is 0 Å². The minimum atomic E-state index is 0.363. The third-order valence-corrected chi connectivity index (χ3v) is 1.64. The molecule has 0 aromatic carbocycles. The zero-order valence-electron chi connectivity index (χ0n) is 8.14. The number of aryl methyl sites for hydroxylation is 1. The monoisotopic (exact) mass is 206 g/mol. The molecule has 0 radical (unpaired) electrons. The Morgan fingerprint density at radius 1 is 1.40 bits per heavy atom. The number of anilines is 2. The van der Waals surface area contributed by atoms with E-state index >= 15 is 0 Å². The van der Waals surface area contributed by atoms with Crippen molar-refractivity contribution >= 4 is 11.6 Å². The maximum absolute atomic E-state index is 5.47. The molecule has 0 unspecified atom stereocenters. The SMILES string of the molecule is Cc1noc(CNc2cncc(N)n2)n1. The van der Waals surface area contributed by atoms with Crippen LogP contribution in [0.4, 0.5) is 11.6 Å². The zero-order valence-corrected chi connectivity index (χ0v) is 8.14. The van der Waals surface area contributed by atoms with Crippen molar-refractivity contribution < 1.29 is 4.52 Å². The van der Waals surface area contributed by atoms with Crippen molar-refractivity contribution in [3.05, 3.63) is 24.1 Å². The highest BCUT2D eigenvalue weighted by Crippen LogP contribution is 2.05. The van der Waals surface area contributed by atoms with Gasteiger partial charge in [0, 0.05) is 0 Å². The average molecular weight is 206 g/mol. The van der Waals surface area contributed by atoms with Crippen LogP contribution in [-0.4, -0.2) is 20.1 Å². The van der Waals surface area contributed by atoms with Gasteiger partial charge in [-0.2, -0.15) is 4.98 Å². The standard InChI is InChI=1S/C8H10N6O/c1-5-12-8(15-14-5)4-11-7-3-10-2-6(9)13-7/h2-3H,4H2,1H3,(H3,9,11,13). The van der Waals surface area contributed by atoms with Crippen LogP contribution >= 0.6 is 0 Å². The Hall–Kier alpha value is -2.18. The summed E-state index contributed by atoms with van der Waals surface area (Å²) in [7, 11) is 0. The maximum atomic E-state index is 5.47. The van der Waals surface area contributed by atoms with Gasteiger partial charge in [0.1, 0.15) is 11.6 Å². The molecule has 7 heteroatoms. The van der Waals surface area contributed by atoms with Crippen molar-refractivity contribution in [2.45, 2.75) is 13.5 Å². The Balaban J connectivity index is 1.99. The van der Waals surface area contributed by atoms with Gasteiger partial charge < -0.3 is 15.6 Å². The molecule has 0 aliphatic carbocycles. The summed E-state index contributed by atoms with van der Waals surface area (Å²) >= 11 is 0. The van der Waals surface area contributed by atoms with Gasteiger partial charge in [0.15, 0.2) is 5.82 Å². The Morgan fingerprint density at radius 2 is 2.27 bits per heavy atom. The van der Waals surface area contributed by atoms with Crippen LogP contribution < -0.4 is 11.1 Å². The van der Waals surface area contributed by atoms with E-state index in [0.29, 0.717) is 29.9 Å². The second-order valence-electron chi connectivity index (χ2n) is 2.92. The number of rotatable bonds is 3. The highest BCUT2D eigenvalue weighted by Gasteiger charge is 2.02. The molecule has 3 N–H and O–H groups in total. The maximum Gasteiger partial charge on any atom is 0.245 e. The van der Waals surface area contributed by atoms with Gasteiger partial charge in [-0.15, -0.1) is 0 Å². The van der Waals surface area contributed by atoms with Crippen LogP contribution in [0.3, 0.4) is 0 Å². The van der Waals surface area contributed by atoms with Gasteiger partial charge >= 0.3 is 0 Å². The number of nitrogens with one attached hydrogen (secondary N) is 1. The van der Waals surface area contributed by atoms with Gasteiger partial charge in [0.2, 0.25) is 5.89 Å². The highest BCUT2D eigenvalue weighted by atomic mass is 16.5. The summed E-state index contributed by atoms with van der Waals surface area (Å²) in [5, 5.41) is 6.62. The summed E-state index contributed by atoms with van der Waals surface area (Å²) in [4.78, 5) is 11.9. The van der Waals surface area contributed by atoms with Crippen molar-refractivity contribution in [1.82, 2.24) is 20.1 Å². The van der Waals surface area contributed by atoms with E-state index in [0.717, 1.165) is 0 Å². The third kappa shape index (κ3) is 2.39. The molecule has 2 aromatic rings. The highest BCUT2D eigenvalue weighted by molar-refractivity contribution is 5.38. The van der Waals surface area contributed by atoms with Crippen LogP contribution in [-0.2, 0) is 6.54 Å². The Bertz CT molecular complexity index is 454. The van der Waals surface area contributed by atoms with Crippen molar-refractivity contribution in [3.8, 4) is 0 Å². The van der Waals surface area contributed by atoms with E-state index in [1.165, 1.54) is 6.20 Å². The van der Waals surface area contributed by atoms with Gasteiger partial charge in [-0.1, -0.05) is 5.16 Å². The topological polar surface area (TPSA) is 103 Å². The first kappa shape index (κ1) is 9.38. The first-order chi connectivity index (χ1) is 7.24. The second-order valence-corrected chi connectivity index (χ2v) is 2.92. The van der Waals surface area contributed by atoms with E-state index in [1.807, 2.05) is 0 Å². The van der Waals surface area contributed by atoms with Crippen LogP contribution in [0.1, 0.15) is 11.7 Å². The fourth-order valence-corrected chi connectivity index (χ4v) is 1.04. The fourth-order valence-electron chi connectivity index (χ4n) is 1.04. The largest absolute Gasteiger partial charge is 0.382 e. The van der Waals surface area contributed by atoms with Gasteiger partial charge in [-0.25, -0.2) is 4.98 Å². The Morgan fingerprint density at radius 3 is 2.93 bits per heavy atom. The molecule has 0 saturated heterocycles. The minimum Gasteiger partial charge on any atom is -0.382 e. The zero-order chi connectivity index (χ0) is 10.7. The quantitative estimate of drug-likeness (QED) is 0.747. The lowest BCUT2D eigenvalue weighted by Gasteiger charge is -2.01. The molecule has 0 saturated carbocycles. The lowest BCUT2D eigenvalue weighted by atomic mass is 10.5. The molecule has 78 valence electrons. The van der Waals surface area contributed by atoms with Crippen molar-refractivity contribution in [1.29, 1.82) is 0 Å². The van der Waals surface area contributed by atoms with Crippen molar-refractivity contribution in [3.63, 3.8) is 0 Å². The van der Waals surface area contributed by atoms with Crippen LogP contribution in [0.2, 0.25) is 0 Å². The molecule has 0 atom stereocenters. The molecule has 2 rings (SSSR count). The molecule has 2 aromatic heterocycles. The number of aromatic nitrogens is 4. The van der Waals surface area contributed by atoms with Crippen molar-refractivity contribution in [2.24, 2.45) is 0 Å². The fraction of sp³-hybridized carbons (Fsp3) is 0.250. The summed E-state index contributed by atoms with van der Waals surface area (Å²) in [5.41, 5.74) is 5.47. The molecular formula is C8H10N6O. The summed E-state index contributed by atoms with van der Waals surface area (Å²) < 4.78 is 4.91. The number of hydrogen-bond donors (Lipinski definition) is 2. The number of nitrogen functional groups attached to an aromatic ring is 1. The molecule has 15 heavy (non-hydrogen) atoms. The van der Waals surface area contributed by atoms with E-state index in [9.17, 15) is 0 Å². The molecule has 0 fully saturated rings. The molecule has 0 bridgehead atoms. The molecule has 7 nitrogen and oxygen atoms in total. The number of nitrogens with zero attached hydrogens (tertiary/aromatic N) is 4. The van der Waals surface area contributed by atoms with E-state index in [4.69, 9.17) is 10.3 Å². The average Bonchev–Trinajstić information content (AvgIpc) is 2.62. The first-order valence-electron chi connectivity index (χ1n) is 4.34. The second kappa shape index (κ2) is 3.91. The summed E-state index contributed by atoms with van der Waals surface area (Å²) in [6.07, 6.45) is 3.04. The lowest BCUT2D eigenvalue weighted by Crippen LogP contribution is -2.03.